The van der Waals surface area contributed by atoms with Gasteiger partial charge in [0.05, 0.1) is 6.42 Å². The summed E-state index contributed by atoms with van der Waals surface area (Å²) in [6.07, 6.45) is 9.27. The van der Waals surface area contributed by atoms with Crippen LogP contribution in [0.5, 0.6) is 0 Å². The molecule has 1 aromatic carbocycles. The highest BCUT2D eigenvalue weighted by Crippen LogP contribution is 2.28. The first kappa shape index (κ1) is 23.1. The number of hydrogen-bond acceptors (Lipinski definition) is 4. The molecule has 3 aromatic heterocycles. The number of fused-ring (bicyclic) bond motifs is 1. The standard InChI is InChI=1S/C27H26ClN5O2/c28-26-23(2-1-10-30-26)17-25(34)33-13-8-21(9-14-33)20-3-5-22(6-4-20)27(35)31-18-19-7-12-32-15-11-29-24(32)16-19/h1-7,10-12,15-16,21H,8-9,13-14,17-18H2,(H,31,35). The zero-order valence-electron chi connectivity index (χ0n) is 19.2. The molecule has 0 unspecified atom stereocenters. The van der Waals surface area contributed by atoms with Crippen molar-refractivity contribution in [2.75, 3.05) is 13.1 Å². The van der Waals surface area contributed by atoms with E-state index >= 15 is 0 Å². The molecule has 0 spiro atoms. The first-order valence-corrected chi connectivity index (χ1v) is 12.1. The quantitative estimate of drug-likeness (QED) is 0.412. The van der Waals surface area contributed by atoms with E-state index in [1.807, 2.05) is 64.2 Å². The van der Waals surface area contributed by atoms with E-state index < -0.39 is 0 Å². The molecule has 1 fully saturated rings. The van der Waals surface area contributed by atoms with Gasteiger partial charge in [-0.2, -0.15) is 0 Å². The normalized spacial score (nSPS) is 14.3. The summed E-state index contributed by atoms with van der Waals surface area (Å²) < 4.78 is 1.93. The number of carbonyl (C=O) groups is 2. The van der Waals surface area contributed by atoms with Crippen molar-refractivity contribution in [1.29, 1.82) is 0 Å². The average molecular weight is 488 g/mol. The number of pyridine rings is 2. The van der Waals surface area contributed by atoms with E-state index in [9.17, 15) is 9.59 Å². The summed E-state index contributed by atoms with van der Waals surface area (Å²) >= 11 is 6.10. The fourth-order valence-electron chi connectivity index (χ4n) is 4.54. The molecule has 5 rings (SSSR count). The molecule has 7 nitrogen and oxygen atoms in total. The Labute approximate surface area is 208 Å². The summed E-state index contributed by atoms with van der Waals surface area (Å²) in [5.74, 6) is 0.353. The molecular weight excluding hydrogens is 462 g/mol. The molecule has 1 aliphatic rings. The second kappa shape index (κ2) is 10.3. The minimum atomic E-state index is -0.103. The molecule has 4 heterocycles. The summed E-state index contributed by atoms with van der Waals surface area (Å²) in [5, 5.41) is 3.37. The average Bonchev–Trinajstić information content (AvgIpc) is 3.37. The molecule has 2 amide bonds. The fraction of sp³-hybridized carbons (Fsp3) is 0.259. The van der Waals surface area contributed by atoms with Gasteiger partial charge in [-0.15, -0.1) is 0 Å². The molecule has 35 heavy (non-hydrogen) atoms. The van der Waals surface area contributed by atoms with Gasteiger partial charge in [-0.05, 0) is 65.8 Å². The lowest BCUT2D eigenvalue weighted by atomic mass is 9.88. The summed E-state index contributed by atoms with van der Waals surface area (Å²) in [6.45, 7) is 1.87. The summed E-state index contributed by atoms with van der Waals surface area (Å²) in [6, 6.07) is 15.4. The number of imidazole rings is 1. The molecule has 4 aromatic rings. The van der Waals surface area contributed by atoms with E-state index in [1.165, 1.54) is 5.56 Å². The SMILES string of the molecule is O=C(NCc1ccn2ccnc2c1)c1ccc(C2CCN(C(=O)Cc3cccnc3Cl)CC2)cc1. The van der Waals surface area contributed by atoms with E-state index in [0.29, 0.717) is 36.3 Å². The third-order valence-electron chi connectivity index (χ3n) is 6.59. The number of benzene rings is 1. The third-order valence-corrected chi connectivity index (χ3v) is 6.93. The Morgan fingerprint density at radius 2 is 1.80 bits per heavy atom. The van der Waals surface area contributed by atoms with Gasteiger partial charge in [0.15, 0.2) is 0 Å². The number of piperidine rings is 1. The van der Waals surface area contributed by atoms with Gasteiger partial charge in [-0.25, -0.2) is 9.97 Å². The van der Waals surface area contributed by atoms with Gasteiger partial charge < -0.3 is 14.6 Å². The van der Waals surface area contributed by atoms with Gasteiger partial charge in [0.25, 0.3) is 5.91 Å². The number of likely N-dealkylation sites (tertiary alicyclic amines) is 1. The van der Waals surface area contributed by atoms with Crippen LogP contribution >= 0.6 is 11.6 Å². The van der Waals surface area contributed by atoms with Crippen molar-refractivity contribution in [3.8, 4) is 0 Å². The van der Waals surface area contributed by atoms with E-state index in [-0.39, 0.29) is 18.2 Å². The van der Waals surface area contributed by atoms with Crippen LogP contribution in [0.15, 0.2) is 73.3 Å². The van der Waals surface area contributed by atoms with Crippen LogP contribution in [0.2, 0.25) is 5.15 Å². The highest BCUT2D eigenvalue weighted by atomic mass is 35.5. The second-order valence-corrected chi connectivity index (χ2v) is 9.18. The van der Waals surface area contributed by atoms with Gasteiger partial charge in [0, 0.05) is 50.0 Å². The zero-order chi connectivity index (χ0) is 24.2. The number of halogens is 1. The highest BCUT2D eigenvalue weighted by Gasteiger charge is 2.24. The first-order valence-electron chi connectivity index (χ1n) is 11.7. The van der Waals surface area contributed by atoms with Crippen LogP contribution in [0.3, 0.4) is 0 Å². The lowest BCUT2D eigenvalue weighted by Crippen LogP contribution is -2.38. The molecule has 8 heteroatoms. The number of rotatable bonds is 6. The van der Waals surface area contributed by atoms with Crippen molar-refractivity contribution < 1.29 is 9.59 Å². The van der Waals surface area contributed by atoms with Crippen LogP contribution in [0, 0.1) is 0 Å². The maximum atomic E-state index is 12.7. The lowest BCUT2D eigenvalue weighted by molar-refractivity contribution is -0.131. The predicted octanol–water partition coefficient (Wildman–Crippen LogP) is 4.26. The Morgan fingerprint density at radius 3 is 2.57 bits per heavy atom. The third kappa shape index (κ3) is 5.35. The molecule has 1 aliphatic heterocycles. The minimum absolute atomic E-state index is 0.0808. The van der Waals surface area contributed by atoms with Crippen molar-refractivity contribution in [2.45, 2.75) is 31.7 Å². The van der Waals surface area contributed by atoms with Crippen LogP contribution in [-0.2, 0) is 17.8 Å². The summed E-state index contributed by atoms with van der Waals surface area (Å²) in [4.78, 5) is 35.5. The van der Waals surface area contributed by atoms with Gasteiger partial charge in [0.2, 0.25) is 5.91 Å². The van der Waals surface area contributed by atoms with Crippen molar-refractivity contribution >= 4 is 29.1 Å². The van der Waals surface area contributed by atoms with Crippen molar-refractivity contribution in [3.05, 3.63) is 101 Å². The van der Waals surface area contributed by atoms with Crippen LogP contribution in [0.4, 0.5) is 0 Å². The molecule has 178 valence electrons. The Bertz CT molecular complexity index is 1340. The molecule has 0 bridgehead atoms. The molecule has 1 saturated heterocycles. The van der Waals surface area contributed by atoms with Crippen LogP contribution in [0.25, 0.3) is 5.65 Å². The topological polar surface area (TPSA) is 79.6 Å². The Hall–Kier alpha value is -3.71. The maximum absolute atomic E-state index is 12.7. The minimum Gasteiger partial charge on any atom is -0.348 e. The van der Waals surface area contributed by atoms with Gasteiger partial charge in [-0.1, -0.05) is 29.8 Å². The van der Waals surface area contributed by atoms with Gasteiger partial charge in [-0.3, -0.25) is 9.59 Å². The Balaban J connectivity index is 1.12. The summed E-state index contributed by atoms with van der Waals surface area (Å²) in [5.41, 5.74) is 4.46. The van der Waals surface area contributed by atoms with Crippen LogP contribution in [-0.4, -0.2) is 44.2 Å². The molecule has 0 radical (unpaired) electrons. The van der Waals surface area contributed by atoms with E-state index in [2.05, 4.69) is 15.3 Å². The second-order valence-electron chi connectivity index (χ2n) is 8.82. The van der Waals surface area contributed by atoms with Crippen molar-refractivity contribution in [2.24, 2.45) is 0 Å². The van der Waals surface area contributed by atoms with E-state index in [1.54, 1.807) is 18.5 Å². The van der Waals surface area contributed by atoms with Gasteiger partial charge in [0.1, 0.15) is 10.8 Å². The Kier molecular flexibility index (Phi) is 6.77. The fourth-order valence-corrected chi connectivity index (χ4v) is 4.73. The van der Waals surface area contributed by atoms with E-state index in [4.69, 9.17) is 11.6 Å². The predicted molar refractivity (Wildman–Crippen MR) is 134 cm³/mol. The van der Waals surface area contributed by atoms with Crippen molar-refractivity contribution in [3.63, 3.8) is 0 Å². The van der Waals surface area contributed by atoms with Gasteiger partial charge >= 0.3 is 0 Å². The monoisotopic (exact) mass is 487 g/mol. The lowest BCUT2D eigenvalue weighted by Gasteiger charge is -2.32. The molecule has 0 atom stereocenters. The first-order chi connectivity index (χ1) is 17.1. The van der Waals surface area contributed by atoms with E-state index in [0.717, 1.165) is 29.6 Å². The number of amides is 2. The summed E-state index contributed by atoms with van der Waals surface area (Å²) in [7, 11) is 0. The van der Waals surface area contributed by atoms with Crippen LogP contribution in [0.1, 0.15) is 45.8 Å². The number of nitrogens with one attached hydrogen (secondary N) is 1. The number of nitrogens with zero attached hydrogens (tertiary/aromatic N) is 4. The molecule has 0 saturated carbocycles. The van der Waals surface area contributed by atoms with Crippen LogP contribution < -0.4 is 5.32 Å². The number of aromatic nitrogens is 3. The molecule has 0 aliphatic carbocycles. The number of hydrogen-bond donors (Lipinski definition) is 1. The highest BCUT2D eigenvalue weighted by molar-refractivity contribution is 6.30. The van der Waals surface area contributed by atoms with Crippen molar-refractivity contribution in [1.82, 2.24) is 24.6 Å². The number of carbonyl (C=O) groups excluding carboxylic acids is 2. The maximum Gasteiger partial charge on any atom is 0.251 e. The largest absolute Gasteiger partial charge is 0.348 e. The molecule has 1 N–H and O–H groups in total. The Morgan fingerprint density at radius 1 is 1.00 bits per heavy atom. The molecular formula is C27H26ClN5O2. The smallest absolute Gasteiger partial charge is 0.251 e. The zero-order valence-corrected chi connectivity index (χ0v) is 20.0.